The first kappa shape index (κ1) is 20.2. The van der Waals surface area contributed by atoms with Crippen molar-refractivity contribution < 1.29 is 36.0 Å². The fraction of sp³-hybridized carbons (Fsp3) is 0.923. The number of sulfone groups is 1. The Hall–Kier alpha value is -0.870. The van der Waals surface area contributed by atoms with Crippen molar-refractivity contribution in [3.63, 3.8) is 0 Å². The monoisotopic (exact) mass is 361 g/mol. The molecule has 10 heteroatoms. The van der Waals surface area contributed by atoms with E-state index >= 15 is 0 Å². The predicted octanol–water partition coefficient (Wildman–Crippen LogP) is 1.56. The van der Waals surface area contributed by atoms with Gasteiger partial charge in [0.15, 0.2) is 9.84 Å². The van der Waals surface area contributed by atoms with Crippen LogP contribution in [-0.2, 0) is 24.2 Å². The fourth-order valence-corrected chi connectivity index (χ4v) is 3.74. The lowest BCUT2D eigenvalue weighted by Crippen LogP contribution is -2.38. The van der Waals surface area contributed by atoms with Crippen LogP contribution in [0.1, 0.15) is 26.2 Å². The zero-order valence-corrected chi connectivity index (χ0v) is 14.1. The molecule has 0 aromatic carbocycles. The summed E-state index contributed by atoms with van der Waals surface area (Å²) in [6.45, 7) is 1.80. The van der Waals surface area contributed by atoms with Crippen molar-refractivity contribution in [2.24, 2.45) is 5.92 Å². The molecule has 1 amide bonds. The lowest BCUT2D eigenvalue weighted by Gasteiger charge is -2.20. The van der Waals surface area contributed by atoms with Crippen molar-refractivity contribution in [3.05, 3.63) is 0 Å². The summed E-state index contributed by atoms with van der Waals surface area (Å²) in [4.78, 5) is 16.8. The highest BCUT2D eigenvalue weighted by Gasteiger charge is 2.39. The number of hydrogen-bond acceptors (Lipinski definition) is 5. The summed E-state index contributed by atoms with van der Waals surface area (Å²) >= 11 is 0. The maximum atomic E-state index is 12.1. The Labute approximate surface area is 133 Å². The number of nitrogens with zero attached hydrogens (tertiary/aromatic N) is 1. The number of rotatable bonds is 7. The lowest BCUT2D eigenvalue weighted by atomic mass is 10.0. The lowest BCUT2D eigenvalue weighted by molar-refractivity contribution is -0.181. The minimum atomic E-state index is -4.49. The Morgan fingerprint density at radius 2 is 1.96 bits per heavy atom. The Morgan fingerprint density at radius 1 is 1.35 bits per heavy atom. The van der Waals surface area contributed by atoms with Gasteiger partial charge in [-0.25, -0.2) is 13.5 Å². The van der Waals surface area contributed by atoms with Crippen molar-refractivity contribution in [1.82, 2.24) is 5.06 Å². The van der Waals surface area contributed by atoms with Crippen LogP contribution in [-0.4, -0.2) is 63.4 Å². The quantitative estimate of drug-likeness (QED) is 0.644. The molecule has 1 aliphatic heterocycles. The van der Waals surface area contributed by atoms with E-state index in [4.69, 9.17) is 9.57 Å². The van der Waals surface area contributed by atoms with Crippen molar-refractivity contribution in [2.45, 2.75) is 44.6 Å². The molecular formula is C13H22F3NO5S. The second kappa shape index (κ2) is 7.80. The van der Waals surface area contributed by atoms with Gasteiger partial charge in [0.2, 0.25) is 0 Å². The molecule has 6 nitrogen and oxygen atoms in total. The van der Waals surface area contributed by atoms with Crippen LogP contribution in [0.15, 0.2) is 0 Å². The highest BCUT2D eigenvalue weighted by molar-refractivity contribution is 7.91. The Kier molecular flexibility index (Phi) is 6.84. The smallest absolute Gasteiger partial charge is 0.365 e. The normalized spacial score (nSPS) is 25.6. The molecule has 0 N–H and O–H groups in total. The van der Waals surface area contributed by atoms with Crippen LogP contribution in [0.3, 0.4) is 0 Å². The number of likely N-dealkylation sites (N-methyl/N-ethyl adjacent to an activating group) is 1. The third-order valence-corrected chi connectivity index (χ3v) is 5.45. The van der Waals surface area contributed by atoms with Gasteiger partial charge in [-0.2, -0.15) is 13.2 Å². The van der Waals surface area contributed by atoms with Gasteiger partial charge in [0.1, 0.15) is 6.10 Å². The number of hydroxylamine groups is 2. The second-order valence-corrected chi connectivity index (χ2v) is 8.02. The van der Waals surface area contributed by atoms with Gasteiger partial charge < -0.3 is 4.74 Å². The fourth-order valence-electron chi connectivity index (χ4n) is 2.38. The van der Waals surface area contributed by atoms with Gasteiger partial charge in [-0.05, 0) is 18.8 Å². The summed E-state index contributed by atoms with van der Waals surface area (Å²) in [5, 5.41) is 1.03. The summed E-state index contributed by atoms with van der Waals surface area (Å²) in [6.07, 6.45) is -6.49. The van der Waals surface area contributed by atoms with E-state index in [9.17, 15) is 26.4 Å². The molecule has 1 fully saturated rings. The highest BCUT2D eigenvalue weighted by atomic mass is 32.2. The molecule has 0 spiro atoms. The van der Waals surface area contributed by atoms with Gasteiger partial charge in [-0.15, -0.1) is 0 Å². The molecule has 1 aliphatic rings. The minimum absolute atomic E-state index is 0.0744. The summed E-state index contributed by atoms with van der Waals surface area (Å²) in [5.74, 6) is -1.81. The number of halogens is 3. The molecule has 0 radical (unpaired) electrons. The molecule has 3 atom stereocenters. The topological polar surface area (TPSA) is 72.9 Å². The van der Waals surface area contributed by atoms with E-state index in [-0.39, 0.29) is 24.0 Å². The van der Waals surface area contributed by atoms with E-state index in [2.05, 4.69) is 0 Å². The van der Waals surface area contributed by atoms with Gasteiger partial charge >= 0.3 is 6.18 Å². The van der Waals surface area contributed by atoms with E-state index < -0.39 is 40.4 Å². The zero-order chi connectivity index (χ0) is 17.8. The van der Waals surface area contributed by atoms with E-state index in [1.165, 1.54) is 14.2 Å². The molecule has 23 heavy (non-hydrogen) atoms. The van der Waals surface area contributed by atoms with Crippen molar-refractivity contribution in [2.75, 3.05) is 25.7 Å². The van der Waals surface area contributed by atoms with Crippen LogP contribution in [0, 0.1) is 5.92 Å². The standard InChI is InChI=1S/C13H22F3NO5S/c1-9-8-10(22-11(9)12(18)17(2)21-3)4-6-23(19,20)7-5-13(14,15)16/h9-11H,4-8H2,1-3H3/t9-,10+,11+/m0/s1. The Balaban J connectivity index is 2.49. The van der Waals surface area contributed by atoms with E-state index in [0.29, 0.717) is 6.42 Å². The minimum Gasteiger partial charge on any atom is -0.365 e. The molecule has 0 saturated carbocycles. The molecule has 0 bridgehead atoms. The highest BCUT2D eigenvalue weighted by Crippen LogP contribution is 2.29. The predicted molar refractivity (Wildman–Crippen MR) is 76.2 cm³/mol. The van der Waals surface area contributed by atoms with Gasteiger partial charge in [0.05, 0.1) is 31.1 Å². The molecule has 0 aliphatic carbocycles. The molecule has 0 aromatic heterocycles. The number of amides is 1. The van der Waals surface area contributed by atoms with Gasteiger partial charge in [-0.3, -0.25) is 9.63 Å². The number of hydrogen-bond donors (Lipinski definition) is 0. The Bertz CT molecular complexity index is 508. The second-order valence-electron chi connectivity index (χ2n) is 5.72. The summed E-state index contributed by atoms with van der Waals surface area (Å²) in [7, 11) is -1.03. The summed E-state index contributed by atoms with van der Waals surface area (Å²) in [5.41, 5.74) is 0. The SMILES string of the molecule is CON(C)C(=O)[C@@H]1O[C@H](CCS(=O)(=O)CCC(F)(F)F)C[C@@H]1C. The molecule has 0 unspecified atom stereocenters. The van der Waals surface area contributed by atoms with E-state index in [1.54, 1.807) is 6.92 Å². The van der Waals surface area contributed by atoms with E-state index in [1.807, 2.05) is 0 Å². The van der Waals surface area contributed by atoms with Crippen LogP contribution >= 0.6 is 0 Å². The largest absolute Gasteiger partial charge is 0.390 e. The van der Waals surface area contributed by atoms with Gasteiger partial charge in [-0.1, -0.05) is 6.92 Å². The molecule has 1 rings (SSSR count). The molecule has 0 aromatic rings. The Morgan fingerprint density at radius 3 is 2.48 bits per heavy atom. The van der Waals surface area contributed by atoms with Crippen LogP contribution < -0.4 is 0 Å². The van der Waals surface area contributed by atoms with Crippen LogP contribution in [0.25, 0.3) is 0 Å². The summed E-state index contributed by atoms with van der Waals surface area (Å²) in [6, 6.07) is 0. The zero-order valence-electron chi connectivity index (χ0n) is 13.3. The molecular weight excluding hydrogens is 339 g/mol. The number of carbonyl (C=O) groups excluding carboxylic acids is 1. The maximum Gasteiger partial charge on any atom is 0.390 e. The van der Waals surface area contributed by atoms with Crippen LogP contribution in [0.5, 0.6) is 0 Å². The number of carbonyl (C=O) groups is 1. The number of alkyl halides is 3. The first-order chi connectivity index (χ1) is 10.4. The average molecular weight is 361 g/mol. The van der Waals surface area contributed by atoms with Crippen LogP contribution in [0.4, 0.5) is 13.2 Å². The molecule has 1 heterocycles. The van der Waals surface area contributed by atoms with Crippen molar-refractivity contribution >= 4 is 15.7 Å². The van der Waals surface area contributed by atoms with Crippen molar-refractivity contribution in [1.29, 1.82) is 0 Å². The summed E-state index contributed by atoms with van der Waals surface area (Å²) < 4.78 is 65.1. The number of ether oxygens (including phenoxy) is 1. The van der Waals surface area contributed by atoms with Crippen LogP contribution in [0.2, 0.25) is 0 Å². The van der Waals surface area contributed by atoms with Gasteiger partial charge in [0.25, 0.3) is 5.91 Å². The van der Waals surface area contributed by atoms with Gasteiger partial charge in [0, 0.05) is 7.05 Å². The molecule has 136 valence electrons. The third kappa shape index (κ3) is 6.64. The maximum absolute atomic E-state index is 12.1. The molecule has 1 saturated heterocycles. The third-order valence-electron chi connectivity index (χ3n) is 3.77. The van der Waals surface area contributed by atoms with E-state index in [0.717, 1.165) is 5.06 Å². The first-order valence-corrected chi connectivity index (χ1v) is 9.01. The first-order valence-electron chi connectivity index (χ1n) is 7.19. The van der Waals surface area contributed by atoms with Crippen molar-refractivity contribution in [3.8, 4) is 0 Å². The average Bonchev–Trinajstić information content (AvgIpc) is 2.82.